The molecule has 0 radical (unpaired) electrons. The Bertz CT molecular complexity index is 1680. The minimum Gasteiger partial charge on any atom is -0.394 e. The molecule has 5 atom stereocenters. The first kappa shape index (κ1) is 45.6. The van der Waals surface area contributed by atoms with Crippen LogP contribution in [-0.4, -0.2) is 128 Å². The van der Waals surface area contributed by atoms with Gasteiger partial charge >= 0.3 is 0 Å². The average molecular weight is 787 g/mol. The van der Waals surface area contributed by atoms with E-state index in [0.717, 1.165) is 61.3 Å². The molecule has 0 fully saturated rings. The van der Waals surface area contributed by atoms with E-state index >= 15 is 0 Å². The first-order valence-electron chi connectivity index (χ1n) is 19.1. The summed E-state index contributed by atoms with van der Waals surface area (Å²) in [7, 11) is 0. The van der Waals surface area contributed by atoms with Gasteiger partial charge in [-0.1, -0.05) is 74.2 Å². The molecule has 12 N–H and O–H groups in total. The second-order valence-corrected chi connectivity index (χ2v) is 14.3. The van der Waals surface area contributed by atoms with E-state index in [0.29, 0.717) is 45.4 Å². The number of rotatable bonds is 27. The number of aromatic nitrogens is 2. The Balaban J connectivity index is 1.47. The van der Waals surface area contributed by atoms with Gasteiger partial charge < -0.3 is 53.0 Å². The summed E-state index contributed by atoms with van der Waals surface area (Å²) in [4.78, 5) is 38.3. The van der Waals surface area contributed by atoms with Crippen LogP contribution in [0.3, 0.4) is 0 Å². The van der Waals surface area contributed by atoms with E-state index in [1.54, 1.807) is 0 Å². The molecule has 0 aliphatic rings. The minimum absolute atomic E-state index is 0.0407. The fourth-order valence-electron chi connectivity index (χ4n) is 6.33. The van der Waals surface area contributed by atoms with Gasteiger partial charge in [-0.15, -0.1) is 0 Å². The molecule has 1 aromatic heterocycles. The zero-order valence-electron chi connectivity index (χ0n) is 31.7. The van der Waals surface area contributed by atoms with Crippen molar-refractivity contribution in [3.8, 4) is 0 Å². The zero-order chi connectivity index (χ0) is 40.3. The van der Waals surface area contributed by atoms with E-state index in [1.807, 2.05) is 4.90 Å². The first-order chi connectivity index (χ1) is 26.3. The third-order valence-corrected chi connectivity index (χ3v) is 9.73. The van der Waals surface area contributed by atoms with Gasteiger partial charge in [-0.05, 0) is 86.5 Å². The number of fused-ring (bicyclic) bond motifs is 1. The van der Waals surface area contributed by atoms with Crippen LogP contribution in [-0.2, 0) is 17.6 Å². The van der Waals surface area contributed by atoms with Crippen LogP contribution in [0.15, 0.2) is 47.6 Å². The predicted molar refractivity (Wildman–Crippen MR) is 214 cm³/mol. The second kappa shape index (κ2) is 24.0. The van der Waals surface area contributed by atoms with Gasteiger partial charge in [-0.2, -0.15) is 0 Å². The van der Waals surface area contributed by atoms with Crippen molar-refractivity contribution in [2.24, 2.45) is 22.2 Å². The predicted octanol–water partition coefficient (Wildman–Crippen LogP) is 1.19. The highest BCUT2D eigenvalue weighted by molar-refractivity contribution is 6.29. The Labute approximate surface area is 328 Å². The molecule has 2 amide bonds. The number of amides is 2. The van der Waals surface area contributed by atoms with E-state index in [4.69, 9.17) is 33.9 Å². The number of aryl methyl sites for hydroxylation is 2. The van der Waals surface area contributed by atoms with Gasteiger partial charge in [0.2, 0.25) is 5.91 Å². The normalized spacial score (nSPS) is 14.9. The maximum absolute atomic E-state index is 12.3. The highest BCUT2D eigenvalue weighted by Crippen LogP contribution is 2.21. The van der Waals surface area contributed by atoms with Crippen LogP contribution in [0.4, 0.5) is 0 Å². The number of aliphatic hydroxyl groups is 5. The molecule has 1 heterocycles. The van der Waals surface area contributed by atoms with E-state index in [1.165, 1.54) is 11.8 Å². The van der Waals surface area contributed by atoms with Crippen LogP contribution in [0.25, 0.3) is 10.8 Å². The van der Waals surface area contributed by atoms with Gasteiger partial charge in [0.25, 0.3) is 5.91 Å². The zero-order valence-corrected chi connectivity index (χ0v) is 32.4. The summed E-state index contributed by atoms with van der Waals surface area (Å²) in [6.45, 7) is 3.68. The van der Waals surface area contributed by atoms with Crippen LogP contribution in [0.1, 0.15) is 85.6 Å². The van der Waals surface area contributed by atoms with Gasteiger partial charge in [0.15, 0.2) is 5.69 Å². The number of aliphatic hydroxyl groups excluding tert-OH is 5. The number of unbranched alkanes of at least 4 members (excludes halogenated alkanes) is 4. The number of hydrogen-bond donors (Lipinski definition) is 9. The highest BCUT2D eigenvalue weighted by atomic mass is 35.5. The number of aliphatic imine (C=N–C) groups is 1. The summed E-state index contributed by atoms with van der Waals surface area (Å²) in [6, 6.07) is 12.1. The monoisotopic (exact) mass is 786 g/mol. The molecule has 0 saturated heterocycles. The molecule has 3 aromatic rings. The summed E-state index contributed by atoms with van der Waals surface area (Å²) >= 11 is 5.82. The Hall–Kier alpha value is -3.80. The molecule has 3 rings (SSSR count). The lowest BCUT2D eigenvalue weighted by atomic mass is 9.98. The maximum Gasteiger partial charge on any atom is 0.269 e. The average Bonchev–Trinajstić information content (AvgIpc) is 3.17. The Morgan fingerprint density at radius 3 is 2.15 bits per heavy atom. The standard InChI is InChI=1S/C39H59ClN8O7/c1-2-3-4-7-18-48(23-30(50)35(52)36(53)31(51)24-49)19-8-17-44-29(38(42)54)15-12-26-11-14-27-20-25(10-13-28(27)21-26)9-5-6-16-45-37(41)33-34(39(43)55)47-32(40)22-46-33/h10-11,13-14,20-22,29-31,35-36,44,49-53H,2-9,12,15-19,23-24H2,1H3,(H2,41,45)(H2,42,54)(H2,43,55). The van der Waals surface area contributed by atoms with Gasteiger partial charge in [-0.3, -0.25) is 14.6 Å². The van der Waals surface area contributed by atoms with Crippen LogP contribution in [0.5, 0.6) is 0 Å². The molecular formula is C39H59ClN8O7. The van der Waals surface area contributed by atoms with Gasteiger partial charge in [0, 0.05) is 13.1 Å². The second-order valence-electron chi connectivity index (χ2n) is 14.0. The highest BCUT2D eigenvalue weighted by Gasteiger charge is 2.31. The van der Waals surface area contributed by atoms with Crippen molar-refractivity contribution >= 4 is 40.0 Å². The number of nitrogens with one attached hydrogen (secondary N) is 1. The van der Waals surface area contributed by atoms with Crippen molar-refractivity contribution in [2.45, 2.75) is 102 Å². The maximum atomic E-state index is 12.3. The minimum atomic E-state index is -1.67. The first-order valence-corrected chi connectivity index (χ1v) is 19.4. The molecular weight excluding hydrogens is 728 g/mol. The molecule has 0 spiro atoms. The fraction of sp³-hybridized carbons (Fsp3) is 0.564. The fourth-order valence-corrected chi connectivity index (χ4v) is 6.46. The van der Waals surface area contributed by atoms with Gasteiger partial charge in [-0.25, -0.2) is 9.97 Å². The van der Waals surface area contributed by atoms with Gasteiger partial charge in [0.05, 0.1) is 24.9 Å². The third kappa shape index (κ3) is 15.3. The molecule has 0 aliphatic carbocycles. The lowest BCUT2D eigenvalue weighted by molar-refractivity contribution is -0.120. The largest absolute Gasteiger partial charge is 0.394 e. The van der Waals surface area contributed by atoms with Crippen LogP contribution < -0.4 is 22.5 Å². The van der Waals surface area contributed by atoms with E-state index < -0.39 is 48.9 Å². The Morgan fingerprint density at radius 2 is 1.51 bits per heavy atom. The lowest BCUT2D eigenvalue weighted by Gasteiger charge is -2.30. The number of carbonyl (C=O) groups excluding carboxylic acids is 2. The molecule has 0 bridgehead atoms. The molecule has 304 valence electrons. The number of primary amides is 2. The van der Waals surface area contributed by atoms with Crippen LogP contribution in [0, 0.1) is 0 Å². The number of benzene rings is 2. The van der Waals surface area contributed by atoms with Crippen LogP contribution in [0.2, 0.25) is 5.15 Å². The molecule has 5 unspecified atom stereocenters. The van der Waals surface area contributed by atoms with Gasteiger partial charge in [0.1, 0.15) is 35.0 Å². The van der Waals surface area contributed by atoms with E-state index in [9.17, 15) is 30.0 Å². The molecule has 16 heteroatoms. The number of nitrogens with zero attached hydrogens (tertiary/aromatic N) is 4. The Morgan fingerprint density at radius 1 is 0.855 bits per heavy atom. The summed E-state index contributed by atoms with van der Waals surface area (Å²) in [5, 5.41) is 55.2. The summed E-state index contributed by atoms with van der Waals surface area (Å²) in [6.07, 6.45) is 3.54. The van der Waals surface area contributed by atoms with Crippen LogP contribution >= 0.6 is 11.6 Å². The lowest BCUT2D eigenvalue weighted by Crippen LogP contribution is -2.50. The summed E-state index contributed by atoms with van der Waals surface area (Å²) < 4.78 is 0. The summed E-state index contributed by atoms with van der Waals surface area (Å²) in [5.74, 6) is -1.13. The molecule has 0 saturated carbocycles. The molecule has 0 aliphatic heterocycles. The number of carbonyl (C=O) groups is 2. The SMILES string of the molecule is CCCCCCN(CCCNC(CCc1ccc2cc(CCCCN=C(N)c3ncc(Cl)nc3C(N)=O)ccc2c1)C(N)=O)CC(O)C(O)C(O)C(O)CO. The quantitative estimate of drug-likeness (QED) is 0.0300. The van der Waals surface area contributed by atoms with E-state index in [-0.39, 0.29) is 28.9 Å². The number of amidine groups is 1. The third-order valence-electron chi connectivity index (χ3n) is 9.55. The number of nitrogens with two attached hydrogens (primary N) is 3. The molecule has 2 aromatic carbocycles. The smallest absolute Gasteiger partial charge is 0.269 e. The van der Waals surface area contributed by atoms with Crippen molar-refractivity contribution in [2.75, 3.05) is 39.3 Å². The van der Waals surface area contributed by atoms with Crippen molar-refractivity contribution in [1.29, 1.82) is 0 Å². The number of halogens is 1. The van der Waals surface area contributed by atoms with Crippen molar-refractivity contribution < 1.29 is 35.1 Å². The van der Waals surface area contributed by atoms with Crippen molar-refractivity contribution in [1.82, 2.24) is 20.2 Å². The van der Waals surface area contributed by atoms with Crippen molar-refractivity contribution in [3.63, 3.8) is 0 Å². The van der Waals surface area contributed by atoms with E-state index in [2.05, 4.69) is 63.6 Å². The molecule has 15 nitrogen and oxygen atoms in total. The number of hydrogen-bond acceptors (Lipinski definition) is 12. The summed E-state index contributed by atoms with van der Waals surface area (Å²) in [5.41, 5.74) is 19.4. The van der Waals surface area contributed by atoms with Crippen molar-refractivity contribution in [3.05, 3.63) is 70.3 Å². The molecule has 55 heavy (non-hydrogen) atoms. The topological polar surface area (TPSA) is 267 Å². The Kier molecular flexibility index (Phi) is 19.9.